The molecule has 194 valence electrons. The molecule has 4 aromatic rings. The van der Waals surface area contributed by atoms with Crippen molar-refractivity contribution in [3.8, 4) is 5.75 Å². The average Bonchev–Trinajstić information content (AvgIpc) is 3.25. The number of hydrogen-bond acceptors (Lipinski definition) is 3. The number of hydrogen-bond donors (Lipinski definition) is 1. The number of aryl methyl sites for hydroxylation is 3. The number of unbranched alkanes of at least 4 members (excludes halogenated alkanes) is 3. The minimum atomic E-state index is -0.0235. The van der Waals surface area contributed by atoms with E-state index in [1.165, 1.54) is 16.6 Å². The smallest absolute Gasteiger partial charge is 0.251 e. The number of ether oxygens (including phenoxy) is 1. The zero-order valence-electron chi connectivity index (χ0n) is 21.8. The molecular weight excluding hydrogens is 526 g/mol. The molecule has 0 aliphatic heterocycles. The van der Waals surface area contributed by atoms with Gasteiger partial charge in [0.15, 0.2) is 0 Å². The van der Waals surface area contributed by atoms with Crippen molar-refractivity contribution in [2.45, 2.75) is 58.9 Å². The summed E-state index contributed by atoms with van der Waals surface area (Å²) in [6.07, 6.45) is 6.03. The van der Waals surface area contributed by atoms with E-state index in [0.717, 1.165) is 73.2 Å². The van der Waals surface area contributed by atoms with Gasteiger partial charge < -0.3 is 14.6 Å². The molecule has 0 aliphatic carbocycles. The number of carbonyl (C=O) groups excluding carboxylic acids is 1. The molecule has 1 aromatic heterocycles. The van der Waals surface area contributed by atoms with Crippen molar-refractivity contribution in [3.05, 3.63) is 93.7 Å². The fraction of sp³-hybridized carbons (Fsp3) is 0.355. The molecule has 1 heterocycles. The molecule has 1 N–H and O–H groups in total. The van der Waals surface area contributed by atoms with Crippen LogP contribution in [0.1, 0.15) is 59.4 Å². The summed E-state index contributed by atoms with van der Waals surface area (Å²) in [5.74, 6) is 2.11. The summed E-state index contributed by atoms with van der Waals surface area (Å²) >= 11 is 3.42. The molecule has 0 saturated heterocycles. The number of nitrogens with one attached hydrogen (secondary N) is 1. The second kappa shape index (κ2) is 13.4. The van der Waals surface area contributed by atoms with E-state index in [2.05, 4.69) is 82.1 Å². The summed E-state index contributed by atoms with van der Waals surface area (Å²) in [5.41, 5.74) is 5.43. The van der Waals surface area contributed by atoms with Crippen LogP contribution in [0, 0.1) is 13.8 Å². The van der Waals surface area contributed by atoms with Gasteiger partial charge in [-0.3, -0.25) is 4.79 Å². The number of fused-ring (bicyclic) bond motifs is 1. The van der Waals surface area contributed by atoms with Gasteiger partial charge >= 0.3 is 0 Å². The van der Waals surface area contributed by atoms with Crippen molar-refractivity contribution in [2.75, 3.05) is 13.2 Å². The first kappa shape index (κ1) is 26.9. The number of halogens is 1. The maximum atomic E-state index is 12.3. The molecule has 0 unspecified atom stereocenters. The van der Waals surface area contributed by atoms with Crippen molar-refractivity contribution < 1.29 is 9.53 Å². The van der Waals surface area contributed by atoms with Gasteiger partial charge in [0.1, 0.15) is 11.6 Å². The van der Waals surface area contributed by atoms with Crippen LogP contribution in [-0.2, 0) is 13.0 Å². The van der Waals surface area contributed by atoms with E-state index in [1.807, 2.05) is 24.3 Å². The largest absolute Gasteiger partial charge is 0.493 e. The zero-order valence-corrected chi connectivity index (χ0v) is 23.4. The number of benzene rings is 3. The van der Waals surface area contributed by atoms with Gasteiger partial charge in [-0.2, -0.15) is 0 Å². The van der Waals surface area contributed by atoms with Gasteiger partial charge in [-0.15, -0.1) is 0 Å². The van der Waals surface area contributed by atoms with Gasteiger partial charge in [0.05, 0.1) is 17.6 Å². The SMILES string of the molecule is Cc1cccc(OCCCCn2c(CCCCCNC(=O)c3cccc(Br)c3)nc3ccccc32)c1C. The summed E-state index contributed by atoms with van der Waals surface area (Å²) in [6.45, 7) is 6.58. The zero-order chi connectivity index (χ0) is 26.0. The quantitative estimate of drug-likeness (QED) is 0.173. The first-order valence-corrected chi connectivity index (χ1v) is 14.0. The molecule has 5 nitrogen and oxygen atoms in total. The van der Waals surface area contributed by atoms with Gasteiger partial charge in [-0.1, -0.05) is 52.7 Å². The second-order valence-electron chi connectivity index (χ2n) is 9.50. The maximum Gasteiger partial charge on any atom is 0.251 e. The van der Waals surface area contributed by atoms with Crippen LogP contribution in [0.25, 0.3) is 11.0 Å². The summed E-state index contributed by atoms with van der Waals surface area (Å²) in [5, 5.41) is 3.02. The lowest BCUT2D eigenvalue weighted by Gasteiger charge is -2.12. The third-order valence-electron chi connectivity index (χ3n) is 6.77. The third kappa shape index (κ3) is 7.45. The van der Waals surface area contributed by atoms with E-state index in [0.29, 0.717) is 12.1 Å². The Labute approximate surface area is 228 Å². The Kier molecular flexibility index (Phi) is 9.78. The molecule has 37 heavy (non-hydrogen) atoms. The topological polar surface area (TPSA) is 56.1 Å². The molecule has 4 rings (SSSR count). The number of carbonyl (C=O) groups is 1. The van der Waals surface area contributed by atoms with Crippen molar-refractivity contribution in [1.29, 1.82) is 0 Å². The Morgan fingerprint density at radius 2 is 1.78 bits per heavy atom. The van der Waals surface area contributed by atoms with E-state index in [1.54, 1.807) is 0 Å². The van der Waals surface area contributed by atoms with Crippen molar-refractivity contribution in [3.63, 3.8) is 0 Å². The highest BCUT2D eigenvalue weighted by Crippen LogP contribution is 2.22. The summed E-state index contributed by atoms with van der Waals surface area (Å²) < 4.78 is 9.34. The first-order valence-electron chi connectivity index (χ1n) is 13.2. The van der Waals surface area contributed by atoms with Crippen LogP contribution in [0.3, 0.4) is 0 Å². The molecule has 0 spiro atoms. The fourth-order valence-corrected chi connectivity index (χ4v) is 4.92. The minimum absolute atomic E-state index is 0.0235. The van der Waals surface area contributed by atoms with Gasteiger partial charge in [0.25, 0.3) is 5.91 Å². The highest BCUT2D eigenvalue weighted by molar-refractivity contribution is 9.10. The molecule has 0 fully saturated rings. The number of amides is 1. The molecule has 0 saturated carbocycles. The van der Waals surface area contributed by atoms with E-state index in [4.69, 9.17) is 9.72 Å². The van der Waals surface area contributed by atoms with Gasteiger partial charge in [-0.05, 0) is 87.1 Å². The molecule has 0 aliphatic rings. The van der Waals surface area contributed by atoms with Crippen molar-refractivity contribution in [2.24, 2.45) is 0 Å². The first-order chi connectivity index (χ1) is 18.0. The normalized spacial score (nSPS) is 11.1. The van der Waals surface area contributed by atoms with E-state index >= 15 is 0 Å². The third-order valence-corrected chi connectivity index (χ3v) is 7.26. The van der Waals surface area contributed by atoms with Gasteiger partial charge in [0.2, 0.25) is 0 Å². The molecule has 0 radical (unpaired) electrons. The maximum absolute atomic E-state index is 12.3. The lowest BCUT2D eigenvalue weighted by Crippen LogP contribution is -2.24. The standard InChI is InChI=1S/C31H36BrN3O2/c1-23-12-10-17-29(24(23)2)37-21-9-8-20-35-28-16-6-5-15-27(28)34-30(35)18-4-3-7-19-33-31(36)25-13-11-14-26(32)22-25/h5-6,10-17,22H,3-4,7-9,18-21H2,1-2H3,(H,33,36). The molecule has 6 heteroatoms. The van der Waals surface area contributed by atoms with E-state index in [-0.39, 0.29) is 5.91 Å². The summed E-state index contributed by atoms with van der Waals surface area (Å²) in [4.78, 5) is 17.2. The van der Waals surface area contributed by atoms with Crippen LogP contribution in [0.15, 0.2) is 71.2 Å². The van der Waals surface area contributed by atoms with Crippen LogP contribution in [-0.4, -0.2) is 28.6 Å². The van der Waals surface area contributed by atoms with E-state index in [9.17, 15) is 4.79 Å². The Morgan fingerprint density at radius 3 is 2.65 bits per heavy atom. The number of para-hydroxylation sites is 2. The van der Waals surface area contributed by atoms with Crippen LogP contribution in [0.2, 0.25) is 0 Å². The van der Waals surface area contributed by atoms with Crippen LogP contribution in [0.4, 0.5) is 0 Å². The summed E-state index contributed by atoms with van der Waals surface area (Å²) in [7, 11) is 0. The molecule has 0 atom stereocenters. The predicted octanol–water partition coefficient (Wildman–Crippen LogP) is 7.42. The van der Waals surface area contributed by atoms with Crippen molar-refractivity contribution >= 4 is 32.9 Å². The number of rotatable bonds is 13. The Morgan fingerprint density at radius 1 is 0.946 bits per heavy atom. The molecule has 0 bridgehead atoms. The lowest BCUT2D eigenvalue weighted by atomic mass is 10.1. The number of aromatic nitrogens is 2. The molecule has 1 amide bonds. The van der Waals surface area contributed by atoms with Crippen LogP contribution < -0.4 is 10.1 Å². The minimum Gasteiger partial charge on any atom is -0.493 e. The Bertz CT molecular complexity index is 1330. The fourth-order valence-electron chi connectivity index (χ4n) is 4.52. The van der Waals surface area contributed by atoms with Gasteiger partial charge in [-0.25, -0.2) is 4.98 Å². The van der Waals surface area contributed by atoms with Crippen LogP contribution >= 0.6 is 15.9 Å². The van der Waals surface area contributed by atoms with Crippen molar-refractivity contribution in [1.82, 2.24) is 14.9 Å². The van der Waals surface area contributed by atoms with E-state index < -0.39 is 0 Å². The average molecular weight is 563 g/mol. The number of nitrogens with zero attached hydrogens (tertiary/aromatic N) is 2. The Hall–Kier alpha value is -3.12. The molecule has 3 aromatic carbocycles. The van der Waals surface area contributed by atoms with Crippen LogP contribution in [0.5, 0.6) is 5.75 Å². The van der Waals surface area contributed by atoms with Gasteiger partial charge in [0, 0.05) is 29.5 Å². The predicted molar refractivity (Wildman–Crippen MR) is 154 cm³/mol. The summed E-state index contributed by atoms with van der Waals surface area (Å²) in [6, 6.07) is 22.1. The Balaban J connectivity index is 1.23. The molecular formula is C31H36BrN3O2. The second-order valence-corrected chi connectivity index (χ2v) is 10.4. The monoisotopic (exact) mass is 561 g/mol. The lowest BCUT2D eigenvalue weighted by molar-refractivity contribution is 0.0953. The highest BCUT2D eigenvalue weighted by atomic mass is 79.9. The highest BCUT2D eigenvalue weighted by Gasteiger charge is 2.11. The number of imidazole rings is 1.